The van der Waals surface area contributed by atoms with E-state index < -0.39 is 0 Å². The van der Waals surface area contributed by atoms with Crippen LogP contribution in [0.25, 0.3) is 0 Å². The monoisotopic (exact) mass is 233 g/mol. The smallest absolute Gasteiger partial charge is 0.198 e. The van der Waals surface area contributed by atoms with Crippen molar-refractivity contribution in [3.05, 3.63) is 47.7 Å². The number of benzene rings is 1. The molecule has 0 spiro atoms. The molecule has 4 heteroatoms. The second-order valence-corrected chi connectivity index (χ2v) is 3.69. The molecule has 0 radical (unpaired) electrons. The lowest BCUT2D eigenvalue weighted by Crippen LogP contribution is -1.95. The second-order valence-electron chi connectivity index (χ2n) is 3.69. The minimum atomic E-state index is 0.0840. The van der Waals surface area contributed by atoms with Crippen LogP contribution >= 0.6 is 0 Å². The highest BCUT2D eigenvalue weighted by Crippen LogP contribution is 2.20. The van der Waals surface area contributed by atoms with Crippen LogP contribution < -0.4 is 4.74 Å². The van der Waals surface area contributed by atoms with Crippen molar-refractivity contribution in [2.75, 3.05) is 13.7 Å². The molecule has 0 fully saturated rings. The summed E-state index contributed by atoms with van der Waals surface area (Å²) in [6.07, 6.45) is 2.70. The van der Waals surface area contributed by atoms with Gasteiger partial charge in [0.15, 0.2) is 5.89 Å². The standard InChI is InChI=1S/C13H15NO3/c1-16-12-5-3-2-4-10(12)8-13-14-11(6-7-15)9-17-13/h2-5,9,15H,6-8H2,1H3. The number of nitrogens with zero attached hydrogens (tertiary/aromatic N) is 1. The molecule has 0 aliphatic rings. The molecular weight excluding hydrogens is 218 g/mol. The first kappa shape index (κ1) is 11.7. The molecule has 2 aromatic rings. The highest BCUT2D eigenvalue weighted by atomic mass is 16.5. The molecule has 1 N–H and O–H groups in total. The molecule has 0 amide bonds. The quantitative estimate of drug-likeness (QED) is 0.855. The maximum atomic E-state index is 8.80. The van der Waals surface area contributed by atoms with Gasteiger partial charge in [0.25, 0.3) is 0 Å². The van der Waals surface area contributed by atoms with Crippen molar-refractivity contribution in [3.63, 3.8) is 0 Å². The molecule has 0 unspecified atom stereocenters. The third-order valence-corrected chi connectivity index (χ3v) is 2.50. The predicted octanol–water partition coefficient (Wildman–Crippen LogP) is 1.81. The van der Waals surface area contributed by atoms with E-state index in [1.165, 1.54) is 0 Å². The lowest BCUT2D eigenvalue weighted by atomic mass is 10.1. The van der Waals surface area contributed by atoms with Gasteiger partial charge in [0.2, 0.25) is 0 Å². The van der Waals surface area contributed by atoms with E-state index in [9.17, 15) is 0 Å². The maximum absolute atomic E-state index is 8.80. The van der Waals surface area contributed by atoms with Crippen molar-refractivity contribution in [3.8, 4) is 5.75 Å². The number of ether oxygens (including phenoxy) is 1. The molecule has 0 bridgehead atoms. The van der Waals surface area contributed by atoms with Crippen LogP contribution in [0, 0.1) is 0 Å². The summed E-state index contributed by atoms with van der Waals surface area (Å²) in [5.74, 6) is 1.47. The molecule has 1 aromatic heterocycles. The van der Waals surface area contributed by atoms with E-state index in [4.69, 9.17) is 14.3 Å². The van der Waals surface area contributed by atoms with Gasteiger partial charge in [-0.25, -0.2) is 4.98 Å². The van der Waals surface area contributed by atoms with Crippen LogP contribution in [0.3, 0.4) is 0 Å². The molecule has 2 rings (SSSR count). The summed E-state index contributed by atoms with van der Waals surface area (Å²) >= 11 is 0. The third-order valence-electron chi connectivity index (χ3n) is 2.50. The third kappa shape index (κ3) is 2.85. The van der Waals surface area contributed by atoms with Gasteiger partial charge in [-0.1, -0.05) is 18.2 Å². The molecule has 90 valence electrons. The lowest BCUT2D eigenvalue weighted by Gasteiger charge is -2.05. The summed E-state index contributed by atoms with van der Waals surface area (Å²) in [4.78, 5) is 4.29. The van der Waals surface area contributed by atoms with Crippen molar-refractivity contribution in [2.24, 2.45) is 0 Å². The molecular formula is C13H15NO3. The number of oxazole rings is 1. The molecule has 0 aliphatic carbocycles. The van der Waals surface area contributed by atoms with Crippen molar-refractivity contribution in [1.29, 1.82) is 0 Å². The van der Waals surface area contributed by atoms with Crippen LogP contribution in [0.2, 0.25) is 0 Å². The topological polar surface area (TPSA) is 55.5 Å². The largest absolute Gasteiger partial charge is 0.496 e. The summed E-state index contributed by atoms with van der Waals surface area (Å²) in [6, 6.07) is 7.77. The Morgan fingerprint density at radius 3 is 2.94 bits per heavy atom. The zero-order chi connectivity index (χ0) is 12.1. The van der Waals surface area contributed by atoms with Gasteiger partial charge in [-0.3, -0.25) is 0 Å². The number of aromatic nitrogens is 1. The summed E-state index contributed by atoms with van der Waals surface area (Å²) < 4.78 is 10.6. The Balaban J connectivity index is 2.13. The molecule has 17 heavy (non-hydrogen) atoms. The molecule has 4 nitrogen and oxygen atoms in total. The molecule has 0 atom stereocenters. The predicted molar refractivity (Wildman–Crippen MR) is 63.1 cm³/mol. The summed E-state index contributed by atoms with van der Waals surface area (Å²) in [7, 11) is 1.64. The van der Waals surface area contributed by atoms with E-state index >= 15 is 0 Å². The van der Waals surface area contributed by atoms with Crippen LogP contribution in [-0.4, -0.2) is 23.8 Å². The van der Waals surface area contributed by atoms with E-state index in [0.717, 1.165) is 17.0 Å². The van der Waals surface area contributed by atoms with Crippen LogP contribution in [0.5, 0.6) is 5.75 Å². The number of para-hydroxylation sites is 1. The van der Waals surface area contributed by atoms with Gasteiger partial charge < -0.3 is 14.3 Å². The highest BCUT2D eigenvalue weighted by Gasteiger charge is 2.08. The van der Waals surface area contributed by atoms with Crippen molar-refractivity contribution in [2.45, 2.75) is 12.8 Å². The average Bonchev–Trinajstić information content (AvgIpc) is 2.78. The van der Waals surface area contributed by atoms with Crippen molar-refractivity contribution >= 4 is 0 Å². The van der Waals surface area contributed by atoms with Gasteiger partial charge in [0.1, 0.15) is 12.0 Å². The Hall–Kier alpha value is -1.81. The van der Waals surface area contributed by atoms with E-state index in [1.54, 1.807) is 13.4 Å². The Labute approximate surface area is 99.9 Å². The van der Waals surface area contributed by atoms with Crippen LogP contribution in [0.1, 0.15) is 17.1 Å². The zero-order valence-corrected chi connectivity index (χ0v) is 9.72. The fourth-order valence-electron chi connectivity index (χ4n) is 1.67. The number of methoxy groups -OCH3 is 1. The average molecular weight is 233 g/mol. The van der Waals surface area contributed by atoms with Gasteiger partial charge in [0, 0.05) is 18.6 Å². The van der Waals surface area contributed by atoms with Gasteiger partial charge in [-0.15, -0.1) is 0 Å². The van der Waals surface area contributed by atoms with Gasteiger partial charge in [0.05, 0.1) is 19.2 Å². The number of rotatable bonds is 5. The molecule has 0 saturated carbocycles. The first-order chi connectivity index (χ1) is 8.33. The van der Waals surface area contributed by atoms with Crippen molar-refractivity contribution < 1.29 is 14.3 Å². The first-order valence-electron chi connectivity index (χ1n) is 5.49. The van der Waals surface area contributed by atoms with E-state index in [1.807, 2.05) is 24.3 Å². The molecule has 1 aromatic carbocycles. The van der Waals surface area contributed by atoms with E-state index in [-0.39, 0.29) is 6.61 Å². The van der Waals surface area contributed by atoms with E-state index in [2.05, 4.69) is 4.98 Å². The number of aliphatic hydroxyl groups excluding tert-OH is 1. The second kappa shape index (κ2) is 5.50. The Morgan fingerprint density at radius 2 is 2.18 bits per heavy atom. The van der Waals surface area contributed by atoms with Crippen LogP contribution in [-0.2, 0) is 12.8 Å². The minimum Gasteiger partial charge on any atom is -0.496 e. The van der Waals surface area contributed by atoms with Crippen molar-refractivity contribution in [1.82, 2.24) is 4.98 Å². The molecule has 1 heterocycles. The van der Waals surface area contributed by atoms with E-state index in [0.29, 0.717) is 18.7 Å². The number of aliphatic hydroxyl groups is 1. The summed E-state index contributed by atoms with van der Waals surface area (Å²) in [5.41, 5.74) is 1.81. The number of hydrogen-bond donors (Lipinski definition) is 1. The first-order valence-corrected chi connectivity index (χ1v) is 5.49. The lowest BCUT2D eigenvalue weighted by molar-refractivity contribution is 0.298. The fourth-order valence-corrected chi connectivity index (χ4v) is 1.67. The Bertz CT molecular complexity index is 479. The maximum Gasteiger partial charge on any atom is 0.198 e. The normalized spacial score (nSPS) is 10.5. The Morgan fingerprint density at radius 1 is 1.35 bits per heavy atom. The fraction of sp³-hybridized carbons (Fsp3) is 0.308. The van der Waals surface area contributed by atoms with Crippen LogP contribution in [0.15, 0.2) is 34.9 Å². The SMILES string of the molecule is COc1ccccc1Cc1nc(CCO)co1. The summed E-state index contributed by atoms with van der Waals surface area (Å²) in [6.45, 7) is 0.0840. The highest BCUT2D eigenvalue weighted by molar-refractivity contribution is 5.34. The zero-order valence-electron chi connectivity index (χ0n) is 9.72. The van der Waals surface area contributed by atoms with Crippen LogP contribution in [0.4, 0.5) is 0 Å². The minimum absolute atomic E-state index is 0.0840. The van der Waals surface area contributed by atoms with Gasteiger partial charge in [-0.05, 0) is 6.07 Å². The Kier molecular flexibility index (Phi) is 3.77. The molecule has 0 aliphatic heterocycles. The van der Waals surface area contributed by atoms with Gasteiger partial charge in [-0.2, -0.15) is 0 Å². The summed E-state index contributed by atoms with van der Waals surface area (Å²) in [5, 5.41) is 8.80. The molecule has 0 saturated heterocycles. The van der Waals surface area contributed by atoms with Gasteiger partial charge >= 0.3 is 0 Å². The number of hydrogen-bond acceptors (Lipinski definition) is 4.